The zero-order chi connectivity index (χ0) is 20.8. The number of ether oxygens (including phenoxy) is 1. The van der Waals surface area contributed by atoms with Crippen LogP contribution in [0.3, 0.4) is 0 Å². The van der Waals surface area contributed by atoms with Gasteiger partial charge in [0, 0.05) is 43.5 Å². The van der Waals surface area contributed by atoms with Gasteiger partial charge in [-0.05, 0) is 68.0 Å². The fourth-order valence-electron chi connectivity index (χ4n) is 4.38. The molecule has 1 aromatic carbocycles. The van der Waals surface area contributed by atoms with Gasteiger partial charge in [0.25, 0.3) is 5.91 Å². The van der Waals surface area contributed by atoms with E-state index in [0.29, 0.717) is 30.9 Å². The number of aryl methyl sites for hydroxylation is 1. The lowest BCUT2D eigenvalue weighted by molar-refractivity contribution is -0.128. The Hall–Kier alpha value is -2.89. The monoisotopic (exact) mass is 407 g/mol. The van der Waals surface area contributed by atoms with Gasteiger partial charge in [-0.2, -0.15) is 0 Å². The topological polar surface area (TPSA) is 62.7 Å². The van der Waals surface area contributed by atoms with E-state index in [4.69, 9.17) is 4.74 Å². The molecular weight excluding hydrogens is 378 g/mol. The third kappa shape index (κ3) is 4.99. The molecule has 1 atom stereocenters. The summed E-state index contributed by atoms with van der Waals surface area (Å²) in [7, 11) is 0. The second kappa shape index (κ2) is 9.74. The molecular formula is C24H29N3O3. The molecule has 3 heterocycles. The van der Waals surface area contributed by atoms with Gasteiger partial charge in [0.15, 0.2) is 0 Å². The fourth-order valence-corrected chi connectivity index (χ4v) is 4.38. The van der Waals surface area contributed by atoms with E-state index in [1.165, 1.54) is 5.56 Å². The molecule has 2 aliphatic heterocycles. The first-order valence-corrected chi connectivity index (χ1v) is 10.9. The molecule has 2 aliphatic rings. The molecule has 0 saturated carbocycles. The highest BCUT2D eigenvalue weighted by molar-refractivity contribution is 5.95. The van der Waals surface area contributed by atoms with Crippen LogP contribution in [0.4, 0.5) is 0 Å². The summed E-state index contributed by atoms with van der Waals surface area (Å²) in [4.78, 5) is 32.8. The molecule has 0 bridgehead atoms. The Bertz CT molecular complexity index is 871. The summed E-state index contributed by atoms with van der Waals surface area (Å²) < 4.78 is 5.83. The quantitative estimate of drug-likeness (QED) is 0.673. The average molecular weight is 408 g/mol. The molecule has 6 nitrogen and oxygen atoms in total. The van der Waals surface area contributed by atoms with Crippen LogP contribution in [0.25, 0.3) is 0 Å². The molecule has 2 saturated heterocycles. The number of hydrogen-bond acceptors (Lipinski definition) is 4. The van der Waals surface area contributed by atoms with Gasteiger partial charge >= 0.3 is 0 Å². The van der Waals surface area contributed by atoms with Crippen LogP contribution in [0.15, 0.2) is 48.8 Å². The van der Waals surface area contributed by atoms with E-state index in [0.717, 1.165) is 45.2 Å². The summed E-state index contributed by atoms with van der Waals surface area (Å²) in [6.07, 6.45) is 9.23. The van der Waals surface area contributed by atoms with Crippen LogP contribution >= 0.6 is 0 Å². The molecule has 158 valence electrons. The molecule has 0 spiro atoms. The maximum Gasteiger partial charge on any atom is 0.254 e. The number of aromatic nitrogens is 1. The summed E-state index contributed by atoms with van der Waals surface area (Å²) >= 11 is 0. The number of carbonyl (C=O) groups is 2. The first kappa shape index (κ1) is 20.4. The summed E-state index contributed by atoms with van der Waals surface area (Å²) in [6.45, 7) is 2.67. The van der Waals surface area contributed by atoms with E-state index in [1.54, 1.807) is 0 Å². The van der Waals surface area contributed by atoms with Gasteiger partial charge in [-0.1, -0.05) is 6.07 Å². The Morgan fingerprint density at radius 1 is 1.13 bits per heavy atom. The van der Waals surface area contributed by atoms with Crippen molar-refractivity contribution in [2.24, 2.45) is 0 Å². The van der Waals surface area contributed by atoms with Gasteiger partial charge in [0.1, 0.15) is 12.4 Å². The highest BCUT2D eigenvalue weighted by atomic mass is 16.5. The van der Waals surface area contributed by atoms with Crippen molar-refractivity contribution in [3.63, 3.8) is 0 Å². The molecule has 30 heavy (non-hydrogen) atoms. The van der Waals surface area contributed by atoms with Gasteiger partial charge < -0.3 is 14.5 Å². The van der Waals surface area contributed by atoms with Crippen LogP contribution in [-0.2, 0) is 11.2 Å². The molecule has 6 heteroatoms. The zero-order valence-corrected chi connectivity index (χ0v) is 17.3. The minimum absolute atomic E-state index is 0.0763. The Morgan fingerprint density at radius 3 is 2.80 bits per heavy atom. The van der Waals surface area contributed by atoms with Gasteiger partial charge in [0.05, 0.1) is 6.54 Å². The molecule has 2 amide bonds. The molecule has 1 aromatic heterocycles. The van der Waals surface area contributed by atoms with E-state index in [2.05, 4.69) is 4.98 Å². The fraction of sp³-hybridized carbons (Fsp3) is 0.458. The van der Waals surface area contributed by atoms with Crippen molar-refractivity contribution in [2.45, 2.75) is 44.6 Å². The summed E-state index contributed by atoms with van der Waals surface area (Å²) in [5.41, 5.74) is 1.93. The first-order valence-electron chi connectivity index (χ1n) is 10.9. The van der Waals surface area contributed by atoms with Crippen molar-refractivity contribution in [3.05, 3.63) is 59.9 Å². The van der Waals surface area contributed by atoms with Crippen LogP contribution in [0, 0.1) is 0 Å². The van der Waals surface area contributed by atoms with E-state index >= 15 is 0 Å². The molecule has 0 aliphatic carbocycles. The van der Waals surface area contributed by atoms with Crippen molar-refractivity contribution in [3.8, 4) is 5.75 Å². The second-order valence-corrected chi connectivity index (χ2v) is 8.05. The van der Waals surface area contributed by atoms with Crippen LogP contribution in [0.5, 0.6) is 5.75 Å². The minimum atomic E-state index is 0.0763. The Balaban J connectivity index is 1.32. The van der Waals surface area contributed by atoms with Crippen LogP contribution in [-0.4, -0.2) is 58.9 Å². The van der Waals surface area contributed by atoms with Gasteiger partial charge in [-0.25, -0.2) is 0 Å². The Labute approximate surface area is 177 Å². The van der Waals surface area contributed by atoms with Crippen molar-refractivity contribution in [1.29, 1.82) is 0 Å². The maximum atomic E-state index is 13.2. The smallest absolute Gasteiger partial charge is 0.254 e. The lowest BCUT2D eigenvalue weighted by atomic mass is 10.0. The predicted octanol–water partition coefficient (Wildman–Crippen LogP) is 3.32. The van der Waals surface area contributed by atoms with Gasteiger partial charge in [-0.3, -0.25) is 14.6 Å². The predicted molar refractivity (Wildman–Crippen MR) is 114 cm³/mol. The molecule has 2 fully saturated rings. The average Bonchev–Trinajstić information content (AvgIpc) is 3.42. The van der Waals surface area contributed by atoms with Crippen molar-refractivity contribution in [1.82, 2.24) is 14.8 Å². The number of rotatable bonds is 8. The second-order valence-electron chi connectivity index (χ2n) is 8.05. The van der Waals surface area contributed by atoms with E-state index in [9.17, 15) is 9.59 Å². The molecule has 4 rings (SSSR count). The van der Waals surface area contributed by atoms with E-state index < -0.39 is 0 Å². The molecule has 0 N–H and O–H groups in total. The van der Waals surface area contributed by atoms with Gasteiger partial charge in [-0.15, -0.1) is 0 Å². The highest BCUT2D eigenvalue weighted by Crippen LogP contribution is 2.25. The lowest BCUT2D eigenvalue weighted by Gasteiger charge is -2.25. The minimum Gasteiger partial charge on any atom is -0.492 e. The molecule has 2 aromatic rings. The van der Waals surface area contributed by atoms with E-state index in [-0.39, 0.29) is 17.9 Å². The Kier molecular flexibility index (Phi) is 6.62. The normalized spacial score (nSPS) is 18.8. The van der Waals surface area contributed by atoms with Crippen molar-refractivity contribution in [2.75, 3.05) is 26.2 Å². The number of amides is 2. The number of hydrogen-bond donors (Lipinski definition) is 0. The van der Waals surface area contributed by atoms with Crippen molar-refractivity contribution < 1.29 is 14.3 Å². The van der Waals surface area contributed by atoms with Crippen molar-refractivity contribution >= 4 is 11.8 Å². The first-order chi connectivity index (χ1) is 14.7. The SMILES string of the molecule is O=C1CCCN1CCOc1cccc(C(=O)N2CCCC2CCc2ccncc2)c1. The maximum absolute atomic E-state index is 13.2. The van der Waals surface area contributed by atoms with Crippen LogP contribution in [0.1, 0.15) is 48.0 Å². The summed E-state index contributed by atoms with van der Waals surface area (Å²) in [6, 6.07) is 11.8. The number of benzene rings is 1. The Morgan fingerprint density at radius 2 is 2.00 bits per heavy atom. The van der Waals surface area contributed by atoms with Crippen LogP contribution in [0.2, 0.25) is 0 Å². The van der Waals surface area contributed by atoms with E-state index in [1.807, 2.05) is 58.6 Å². The molecule has 1 unspecified atom stereocenters. The number of pyridine rings is 1. The zero-order valence-electron chi connectivity index (χ0n) is 17.3. The van der Waals surface area contributed by atoms with Gasteiger partial charge in [0.2, 0.25) is 5.91 Å². The summed E-state index contributed by atoms with van der Waals surface area (Å²) in [5.74, 6) is 0.960. The number of likely N-dealkylation sites (tertiary alicyclic amines) is 2. The largest absolute Gasteiger partial charge is 0.492 e. The lowest BCUT2D eigenvalue weighted by Crippen LogP contribution is -2.35. The summed E-state index contributed by atoms with van der Waals surface area (Å²) in [5, 5.41) is 0. The third-order valence-electron chi connectivity index (χ3n) is 6.04. The number of nitrogens with zero attached hydrogens (tertiary/aromatic N) is 3. The molecule has 0 radical (unpaired) electrons. The van der Waals surface area contributed by atoms with Crippen LogP contribution < -0.4 is 4.74 Å². The number of carbonyl (C=O) groups excluding carboxylic acids is 2. The standard InChI is InChI=1S/C24H29N3O3/c28-23-7-3-14-26(23)16-17-30-22-6-1-4-20(18-22)24(29)27-15-2-5-21(27)9-8-19-10-12-25-13-11-19/h1,4,6,10-13,18,21H,2-3,5,7-9,14-17H2. The third-order valence-corrected chi connectivity index (χ3v) is 6.04. The highest BCUT2D eigenvalue weighted by Gasteiger charge is 2.29.